The molecule has 2 atom stereocenters. The largest absolute Gasteiger partial charge is 0.378 e. The molecule has 0 spiro atoms. The average Bonchev–Trinajstić information content (AvgIpc) is 2.66. The van der Waals surface area contributed by atoms with E-state index in [0.717, 1.165) is 25.0 Å². The van der Waals surface area contributed by atoms with Crippen molar-refractivity contribution in [1.29, 1.82) is 0 Å². The van der Waals surface area contributed by atoms with E-state index >= 15 is 0 Å². The molecule has 1 aliphatic rings. The fourth-order valence-corrected chi connectivity index (χ4v) is 3.30. The van der Waals surface area contributed by atoms with Gasteiger partial charge in [0.25, 0.3) is 0 Å². The molecule has 0 bridgehead atoms. The van der Waals surface area contributed by atoms with E-state index in [4.69, 9.17) is 39.5 Å². The molecule has 1 heterocycles. The first kappa shape index (κ1) is 13.5. The van der Waals surface area contributed by atoms with Crippen LogP contribution in [-0.2, 0) is 11.2 Å². The second kappa shape index (κ2) is 5.36. The number of ether oxygens (including phenoxy) is 1. The van der Waals surface area contributed by atoms with Crippen molar-refractivity contribution >= 4 is 34.8 Å². The summed E-state index contributed by atoms with van der Waals surface area (Å²) in [6.07, 6.45) is 1.88. The minimum Gasteiger partial charge on any atom is -0.378 e. The Morgan fingerprint density at radius 1 is 1.35 bits per heavy atom. The van der Waals surface area contributed by atoms with Gasteiger partial charge in [0.15, 0.2) is 0 Å². The molecule has 0 aliphatic carbocycles. The van der Waals surface area contributed by atoms with E-state index in [-0.39, 0.29) is 11.5 Å². The molecule has 2 rings (SSSR count). The Morgan fingerprint density at radius 2 is 2.00 bits per heavy atom. The first-order valence-electron chi connectivity index (χ1n) is 5.69. The van der Waals surface area contributed by atoms with Crippen LogP contribution in [0.1, 0.15) is 18.9 Å². The number of benzene rings is 1. The van der Waals surface area contributed by atoms with Gasteiger partial charge in [0, 0.05) is 27.9 Å². The van der Waals surface area contributed by atoms with Crippen molar-refractivity contribution in [2.45, 2.75) is 25.9 Å². The smallest absolute Gasteiger partial charge is 0.0618 e. The summed E-state index contributed by atoms with van der Waals surface area (Å²) < 4.78 is 5.64. The lowest BCUT2D eigenvalue weighted by Gasteiger charge is -2.30. The lowest BCUT2D eigenvalue weighted by molar-refractivity contribution is 0.0736. The van der Waals surface area contributed by atoms with Gasteiger partial charge in [-0.25, -0.2) is 0 Å². The third kappa shape index (κ3) is 2.58. The molecule has 94 valence electrons. The van der Waals surface area contributed by atoms with Crippen molar-refractivity contribution in [1.82, 2.24) is 0 Å². The van der Waals surface area contributed by atoms with Crippen molar-refractivity contribution in [3.63, 3.8) is 0 Å². The number of halogens is 3. The molecular weight excluding hydrogens is 279 g/mol. The van der Waals surface area contributed by atoms with Crippen molar-refractivity contribution in [2.75, 3.05) is 12.5 Å². The minimum atomic E-state index is -0.0454. The van der Waals surface area contributed by atoms with Crippen LogP contribution in [0.15, 0.2) is 18.2 Å². The Kier molecular flexibility index (Phi) is 4.25. The zero-order chi connectivity index (χ0) is 12.5. The number of hydrogen-bond donors (Lipinski definition) is 0. The fourth-order valence-electron chi connectivity index (χ4n) is 2.33. The van der Waals surface area contributed by atoms with E-state index in [9.17, 15) is 0 Å². The van der Waals surface area contributed by atoms with Crippen LogP contribution < -0.4 is 0 Å². The van der Waals surface area contributed by atoms with Crippen LogP contribution in [0.4, 0.5) is 0 Å². The van der Waals surface area contributed by atoms with Gasteiger partial charge in [-0.1, -0.05) is 29.3 Å². The molecular formula is C13H15Cl3O. The van der Waals surface area contributed by atoms with Gasteiger partial charge in [0.1, 0.15) is 0 Å². The Hall–Kier alpha value is 0.0500. The summed E-state index contributed by atoms with van der Waals surface area (Å²) in [6, 6.07) is 5.59. The molecule has 1 aliphatic heterocycles. The highest BCUT2D eigenvalue weighted by atomic mass is 35.5. The zero-order valence-electron chi connectivity index (χ0n) is 9.68. The predicted octanol–water partition coefficient (Wildman–Crippen LogP) is 4.57. The van der Waals surface area contributed by atoms with E-state index < -0.39 is 0 Å². The van der Waals surface area contributed by atoms with E-state index in [0.29, 0.717) is 15.9 Å². The van der Waals surface area contributed by atoms with Crippen LogP contribution in [0.25, 0.3) is 0 Å². The Labute approximate surface area is 117 Å². The molecule has 1 nitrogen and oxygen atoms in total. The van der Waals surface area contributed by atoms with Crippen LogP contribution in [0.5, 0.6) is 0 Å². The minimum absolute atomic E-state index is 0.0454. The molecule has 0 saturated carbocycles. The Balaban J connectivity index is 2.30. The highest BCUT2D eigenvalue weighted by Gasteiger charge is 2.41. The van der Waals surface area contributed by atoms with Crippen molar-refractivity contribution < 1.29 is 4.74 Å². The second-order valence-corrected chi connectivity index (χ2v) is 5.72. The molecule has 0 N–H and O–H groups in total. The average molecular weight is 294 g/mol. The van der Waals surface area contributed by atoms with Gasteiger partial charge < -0.3 is 4.74 Å². The molecule has 2 unspecified atom stereocenters. The lowest BCUT2D eigenvalue weighted by Crippen LogP contribution is -2.33. The quantitative estimate of drug-likeness (QED) is 0.742. The molecule has 1 aromatic rings. The van der Waals surface area contributed by atoms with Crippen molar-refractivity contribution in [3.8, 4) is 0 Å². The maximum Gasteiger partial charge on any atom is 0.0618 e. The second-order valence-electron chi connectivity index (χ2n) is 4.64. The first-order chi connectivity index (χ1) is 8.09. The highest BCUT2D eigenvalue weighted by molar-refractivity contribution is 6.36. The Bertz CT molecular complexity index is 387. The predicted molar refractivity (Wildman–Crippen MR) is 73.4 cm³/mol. The van der Waals surface area contributed by atoms with E-state index in [1.165, 1.54) is 0 Å². The zero-order valence-corrected chi connectivity index (χ0v) is 11.9. The summed E-state index contributed by atoms with van der Waals surface area (Å²) in [5.41, 5.74) is 0.935. The molecule has 17 heavy (non-hydrogen) atoms. The van der Waals surface area contributed by atoms with Crippen LogP contribution in [-0.4, -0.2) is 18.6 Å². The fraction of sp³-hybridized carbons (Fsp3) is 0.538. The molecule has 0 radical (unpaired) electrons. The summed E-state index contributed by atoms with van der Waals surface area (Å²) in [4.78, 5) is 0. The number of hydrogen-bond acceptors (Lipinski definition) is 1. The molecule has 1 aromatic carbocycles. The monoisotopic (exact) mass is 292 g/mol. The SMILES string of the molecule is CC1OCCC1(CCl)Cc1c(Cl)cccc1Cl. The summed E-state index contributed by atoms with van der Waals surface area (Å²) in [6.45, 7) is 2.83. The topological polar surface area (TPSA) is 9.23 Å². The van der Waals surface area contributed by atoms with Crippen LogP contribution >= 0.6 is 34.8 Å². The third-order valence-corrected chi connectivity index (χ3v) is 4.93. The van der Waals surface area contributed by atoms with E-state index in [1.54, 1.807) is 0 Å². The third-order valence-electron chi connectivity index (χ3n) is 3.69. The van der Waals surface area contributed by atoms with Gasteiger partial charge in [-0.2, -0.15) is 0 Å². The van der Waals surface area contributed by atoms with Gasteiger partial charge in [-0.05, 0) is 37.5 Å². The normalized spacial score (nSPS) is 28.6. The summed E-state index contributed by atoms with van der Waals surface area (Å²) in [5, 5.41) is 1.42. The van der Waals surface area contributed by atoms with Crippen LogP contribution in [0, 0.1) is 5.41 Å². The Morgan fingerprint density at radius 3 is 2.47 bits per heavy atom. The van der Waals surface area contributed by atoms with Gasteiger partial charge in [-0.15, -0.1) is 11.6 Å². The maximum absolute atomic E-state index is 6.21. The van der Waals surface area contributed by atoms with Gasteiger partial charge in [-0.3, -0.25) is 0 Å². The molecule has 0 aromatic heterocycles. The summed E-state index contributed by atoms with van der Waals surface area (Å²) in [5.74, 6) is 0.565. The van der Waals surface area contributed by atoms with Crippen LogP contribution in [0.2, 0.25) is 10.0 Å². The van der Waals surface area contributed by atoms with Crippen LogP contribution in [0.3, 0.4) is 0 Å². The molecule has 0 amide bonds. The number of rotatable bonds is 3. The molecule has 1 saturated heterocycles. The van der Waals surface area contributed by atoms with E-state index in [2.05, 4.69) is 6.92 Å². The van der Waals surface area contributed by atoms with Crippen molar-refractivity contribution in [2.24, 2.45) is 5.41 Å². The number of alkyl halides is 1. The maximum atomic E-state index is 6.21. The van der Waals surface area contributed by atoms with Crippen molar-refractivity contribution in [3.05, 3.63) is 33.8 Å². The van der Waals surface area contributed by atoms with Gasteiger partial charge >= 0.3 is 0 Å². The highest BCUT2D eigenvalue weighted by Crippen LogP contribution is 2.42. The molecule has 1 fully saturated rings. The van der Waals surface area contributed by atoms with E-state index in [1.807, 2.05) is 18.2 Å². The molecule has 4 heteroatoms. The van der Waals surface area contributed by atoms with Gasteiger partial charge in [0.05, 0.1) is 6.10 Å². The standard InChI is InChI=1S/C13H15Cl3O/c1-9-13(8-14,5-6-17-9)7-10-11(15)3-2-4-12(10)16/h2-4,9H,5-8H2,1H3. The van der Waals surface area contributed by atoms with Gasteiger partial charge in [0.2, 0.25) is 0 Å². The first-order valence-corrected chi connectivity index (χ1v) is 6.98. The summed E-state index contributed by atoms with van der Waals surface area (Å²) in [7, 11) is 0. The lowest BCUT2D eigenvalue weighted by atomic mass is 9.78. The summed E-state index contributed by atoms with van der Waals surface area (Å²) >= 11 is 18.6.